The first-order valence-corrected chi connectivity index (χ1v) is 6.31. The molecule has 0 saturated carbocycles. The van der Waals surface area contributed by atoms with Crippen molar-refractivity contribution in [1.29, 1.82) is 5.41 Å². The van der Waals surface area contributed by atoms with Gasteiger partial charge in [0, 0.05) is 17.3 Å². The summed E-state index contributed by atoms with van der Waals surface area (Å²) in [4.78, 5) is 8.15. The maximum atomic E-state index is 8.33. The van der Waals surface area contributed by atoms with Gasteiger partial charge in [0.15, 0.2) is 0 Å². The lowest BCUT2D eigenvalue weighted by molar-refractivity contribution is 0.885. The molecule has 0 atom stereocenters. The van der Waals surface area contributed by atoms with Gasteiger partial charge in [0.2, 0.25) is 0 Å². The summed E-state index contributed by atoms with van der Waals surface area (Å²) in [6.07, 6.45) is 1.39. The minimum atomic E-state index is 0.183. The average Bonchev–Trinajstić information content (AvgIpc) is 2.38. The number of anilines is 3. The maximum absolute atomic E-state index is 8.33. The molecule has 0 spiro atoms. The molecule has 0 unspecified atom stereocenters. The van der Waals surface area contributed by atoms with Crippen LogP contribution in [0.15, 0.2) is 30.6 Å². The largest absolute Gasteiger partial charge is 0.399 e. The van der Waals surface area contributed by atoms with Crippen molar-refractivity contribution >= 4 is 23.0 Å². The number of aromatic nitrogens is 2. The van der Waals surface area contributed by atoms with Gasteiger partial charge in [-0.2, -0.15) is 0 Å². The summed E-state index contributed by atoms with van der Waals surface area (Å²) in [5, 5.41) is 11.5. The Morgan fingerprint density at radius 1 is 1.15 bits per heavy atom. The van der Waals surface area contributed by atoms with Crippen molar-refractivity contribution in [3.05, 3.63) is 41.7 Å². The van der Waals surface area contributed by atoms with Crippen LogP contribution in [0.25, 0.3) is 0 Å². The summed E-state index contributed by atoms with van der Waals surface area (Å²) in [6, 6.07) is 7.24. The molecule has 0 bridgehead atoms. The fourth-order valence-electron chi connectivity index (χ4n) is 1.82. The van der Waals surface area contributed by atoms with Gasteiger partial charge in [-0.25, -0.2) is 9.97 Å². The molecule has 6 N–H and O–H groups in total. The quantitative estimate of drug-likeness (QED) is 0.500. The highest BCUT2D eigenvalue weighted by Gasteiger charge is 2.16. The van der Waals surface area contributed by atoms with E-state index in [4.69, 9.17) is 16.9 Å². The Morgan fingerprint density at radius 3 is 2.40 bits per heavy atom. The summed E-state index contributed by atoms with van der Waals surface area (Å²) < 4.78 is 0. The van der Waals surface area contributed by atoms with E-state index in [2.05, 4.69) is 15.3 Å². The molecule has 20 heavy (non-hydrogen) atoms. The molecule has 2 rings (SSSR count). The predicted molar refractivity (Wildman–Crippen MR) is 82.0 cm³/mol. The van der Waals surface area contributed by atoms with E-state index in [1.165, 1.54) is 6.33 Å². The van der Waals surface area contributed by atoms with Crippen molar-refractivity contribution < 1.29 is 0 Å². The summed E-state index contributed by atoms with van der Waals surface area (Å²) >= 11 is 0. The van der Waals surface area contributed by atoms with Gasteiger partial charge in [-0.05, 0) is 26.0 Å². The van der Waals surface area contributed by atoms with Crippen molar-refractivity contribution in [3.8, 4) is 0 Å². The molecule has 0 saturated heterocycles. The number of rotatable bonds is 4. The van der Waals surface area contributed by atoms with E-state index < -0.39 is 0 Å². The van der Waals surface area contributed by atoms with Crippen LogP contribution in [0.3, 0.4) is 0 Å². The van der Waals surface area contributed by atoms with E-state index in [9.17, 15) is 0 Å². The van der Waals surface area contributed by atoms with Gasteiger partial charge in [-0.3, -0.25) is 5.41 Å². The normalized spacial score (nSPS) is 10.6. The Kier molecular flexibility index (Phi) is 3.84. The van der Waals surface area contributed by atoms with E-state index in [-0.39, 0.29) is 17.6 Å². The highest BCUT2D eigenvalue weighted by atomic mass is 15.1. The van der Waals surface area contributed by atoms with Gasteiger partial charge in [-0.15, -0.1) is 0 Å². The molecule has 1 heterocycles. The minimum Gasteiger partial charge on any atom is -0.399 e. The molecular weight excluding hydrogens is 252 g/mol. The second-order valence-electron chi connectivity index (χ2n) is 4.78. The molecule has 2 aromatic rings. The van der Waals surface area contributed by atoms with E-state index in [1.54, 1.807) is 24.3 Å². The van der Waals surface area contributed by atoms with Gasteiger partial charge in [0.05, 0.1) is 11.3 Å². The topological polar surface area (TPSA) is 114 Å². The third-order valence-corrected chi connectivity index (χ3v) is 2.75. The van der Waals surface area contributed by atoms with Gasteiger partial charge in [-0.1, -0.05) is 12.1 Å². The first kappa shape index (κ1) is 13.8. The van der Waals surface area contributed by atoms with Crippen molar-refractivity contribution in [2.75, 3.05) is 16.8 Å². The smallest absolute Gasteiger partial charge is 0.141 e. The number of nitrogens with one attached hydrogen (secondary N) is 2. The lowest BCUT2D eigenvalue weighted by Gasteiger charge is -2.15. The van der Waals surface area contributed by atoms with Gasteiger partial charge in [0.25, 0.3) is 0 Å². The van der Waals surface area contributed by atoms with Crippen LogP contribution in [0.4, 0.5) is 17.3 Å². The summed E-state index contributed by atoms with van der Waals surface area (Å²) in [5.41, 5.74) is 13.7. The van der Waals surface area contributed by atoms with Gasteiger partial charge < -0.3 is 16.8 Å². The summed E-state index contributed by atoms with van der Waals surface area (Å²) in [7, 11) is 0. The number of hydrogen-bond donors (Lipinski definition) is 4. The molecule has 0 aliphatic carbocycles. The molecule has 0 aliphatic rings. The van der Waals surface area contributed by atoms with Crippen molar-refractivity contribution in [2.45, 2.75) is 19.9 Å². The van der Waals surface area contributed by atoms with Crippen molar-refractivity contribution in [3.63, 3.8) is 0 Å². The zero-order valence-electron chi connectivity index (χ0n) is 11.5. The van der Waals surface area contributed by atoms with Crippen LogP contribution in [0, 0.1) is 5.41 Å². The molecule has 6 nitrogen and oxygen atoms in total. The van der Waals surface area contributed by atoms with Crippen molar-refractivity contribution in [2.24, 2.45) is 0 Å². The first-order chi connectivity index (χ1) is 9.49. The van der Waals surface area contributed by atoms with E-state index in [1.807, 2.05) is 13.8 Å². The second kappa shape index (κ2) is 5.56. The van der Waals surface area contributed by atoms with Crippen LogP contribution in [-0.4, -0.2) is 21.7 Å². The lowest BCUT2D eigenvalue weighted by atomic mass is 10.0. The number of nitrogens with zero attached hydrogens (tertiary/aromatic N) is 2. The van der Waals surface area contributed by atoms with Crippen LogP contribution in [0.5, 0.6) is 0 Å². The Bertz CT molecular complexity index is 618. The van der Waals surface area contributed by atoms with Crippen LogP contribution in [-0.2, 0) is 0 Å². The van der Waals surface area contributed by atoms with E-state index >= 15 is 0 Å². The fourth-order valence-corrected chi connectivity index (χ4v) is 1.82. The summed E-state index contributed by atoms with van der Waals surface area (Å²) in [6.45, 7) is 3.99. The van der Waals surface area contributed by atoms with Crippen molar-refractivity contribution in [1.82, 2.24) is 9.97 Å². The molecule has 104 valence electrons. The van der Waals surface area contributed by atoms with Gasteiger partial charge in [0.1, 0.15) is 18.0 Å². The maximum Gasteiger partial charge on any atom is 0.141 e. The average molecular weight is 270 g/mol. The van der Waals surface area contributed by atoms with E-state index in [0.29, 0.717) is 22.6 Å². The highest BCUT2D eigenvalue weighted by molar-refractivity contribution is 6.16. The molecule has 0 amide bonds. The molecule has 0 radical (unpaired) electrons. The zero-order chi connectivity index (χ0) is 14.7. The number of nitrogens with two attached hydrogens (primary N) is 2. The summed E-state index contributed by atoms with van der Waals surface area (Å²) in [5.74, 6) is 0.847. The third-order valence-electron chi connectivity index (χ3n) is 2.75. The number of benzene rings is 1. The highest BCUT2D eigenvalue weighted by Crippen LogP contribution is 2.22. The van der Waals surface area contributed by atoms with E-state index in [0.717, 1.165) is 0 Å². The first-order valence-electron chi connectivity index (χ1n) is 6.31. The molecule has 6 heteroatoms. The van der Waals surface area contributed by atoms with Crippen LogP contribution >= 0.6 is 0 Å². The van der Waals surface area contributed by atoms with Gasteiger partial charge >= 0.3 is 0 Å². The molecule has 0 fully saturated rings. The Hall–Kier alpha value is -2.63. The molecule has 1 aromatic carbocycles. The number of hydrogen-bond acceptors (Lipinski definition) is 6. The SMILES string of the molecule is CC(C)Nc1ncnc(N)c1C(=N)c1ccc(N)cc1. The van der Waals surface area contributed by atoms with Crippen LogP contribution in [0.1, 0.15) is 25.0 Å². The standard InChI is InChI=1S/C14H18N6/c1-8(2)20-14-11(13(17)18-7-19-14)12(16)9-3-5-10(15)6-4-9/h3-8,16H,15H2,1-2H3,(H3,17,18,19,20). The fraction of sp³-hybridized carbons (Fsp3) is 0.214. The minimum absolute atomic E-state index is 0.183. The molecule has 1 aromatic heterocycles. The lowest BCUT2D eigenvalue weighted by Crippen LogP contribution is -2.17. The number of nitrogen functional groups attached to an aromatic ring is 2. The zero-order valence-corrected chi connectivity index (χ0v) is 11.5. The Balaban J connectivity index is 2.45. The molecule has 0 aliphatic heterocycles. The predicted octanol–water partition coefficient (Wildman–Crippen LogP) is 1.88. The molecular formula is C14H18N6. The monoisotopic (exact) mass is 270 g/mol. The third kappa shape index (κ3) is 2.85. The van der Waals surface area contributed by atoms with Crippen LogP contribution < -0.4 is 16.8 Å². The van der Waals surface area contributed by atoms with Crippen LogP contribution in [0.2, 0.25) is 0 Å². The second-order valence-corrected chi connectivity index (χ2v) is 4.78. The Morgan fingerprint density at radius 2 is 1.80 bits per heavy atom. The Labute approximate surface area is 117 Å².